The molecule has 3 atom stereocenters. The lowest BCUT2D eigenvalue weighted by Gasteiger charge is -2.22. The highest BCUT2D eigenvalue weighted by Gasteiger charge is 2.50. The van der Waals surface area contributed by atoms with Crippen LogP contribution in [0.25, 0.3) is 16.7 Å². The van der Waals surface area contributed by atoms with Gasteiger partial charge in [0.2, 0.25) is 11.8 Å². The lowest BCUT2D eigenvalue weighted by Crippen LogP contribution is -2.48. The minimum absolute atomic E-state index is 0.167. The number of aromatic nitrogens is 2. The fourth-order valence-electron chi connectivity index (χ4n) is 4.43. The normalized spacial score (nSPS) is 20.1. The Morgan fingerprint density at radius 1 is 1.15 bits per heavy atom. The molecule has 1 amide bonds. The fraction of sp³-hybridized carbons (Fsp3) is 0.333. The van der Waals surface area contributed by atoms with Crippen LogP contribution in [0.3, 0.4) is 0 Å². The van der Waals surface area contributed by atoms with Crippen molar-refractivity contribution in [1.29, 1.82) is 0 Å². The minimum atomic E-state index is -4.82. The van der Waals surface area contributed by atoms with Crippen molar-refractivity contribution in [2.24, 2.45) is 5.92 Å². The van der Waals surface area contributed by atoms with Gasteiger partial charge in [0.1, 0.15) is 28.9 Å². The first-order valence-corrected chi connectivity index (χ1v) is 12.0. The number of amides is 1. The molecule has 2 N–H and O–H groups in total. The first kappa shape index (κ1) is 27.9. The fourth-order valence-corrected chi connectivity index (χ4v) is 4.55. The van der Waals surface area contributed by atoms with E-state index < -0.39 is 87.0 Å². The van der Waals surface area contributed by atoms with Crippen LogP contribution in [0, 0.1) is 23.4 Å². The number of anilines is 1. The molecular formula is C24H17ClF6N4O5. The van der Waals surface area contributed by atoms with Crippen LogP contribution in [0.1, 0.15) is 23.2 Å². The van der Waals surface area contributed by atoms with Crippen LogP contribution in [0.2, 0.25) is 0 Å². The highest BCUT2D eigenvalue weighted by molar-refractivity contribution is 6.64. The number of ether oxygens (including phenoxy) is 1. The third-order valence-corrected chi connectivity index (χ3v) is 6.74. The Hall–Kier alpha value is -3.69. The highest BCUT2D eigenvalue weighted by Crippen LogP contribution is 2.40. The molecule has 3 aromatic rings. The molecule has 1 aliphatic heterocycles. The van der Waals surface area contributed by atoms with Crippen LogP contribution in [0.4, 0.5) is 32.2 Å². The second kappa shape index (κ2) is 10.1. The summed E-state index contributed by atoms with van der Waals surface area (Å²) in [6.45, 7) is -0.300. The molecule has 0 bridgehead atoms. The summed E-state index contributed by atoms with van der Waals surface area (Å²) < 4.78 is 89.5. The standard InChI is InChI=1S/C24H17ClF6N4O5/c25-20(37)15-8-34(23(39)40-15)16-4-3-11-18(36)12(22(38)33-19(9-1-2-9)24(29,30)31)7-35(21(11)32-16)17-13(27)5-10(26)6-14(17)28/h3-7,9,15,19,23,39H,1-2,8H2,(H,33,38)/t15-,19+,23?/m1/s1. The van der Waals surface area contributed by atoms with Crippen molar-refractivity contribution >= 4 is 39.6 Å². The third-order valence-electron chi connectivity index (χ3n) is 6.50. The predicted molar refractivity (Wildman–Crippen MR) is 126 cm³/mol. The Bertz CT molecular complexity index is 1570. The van der Waals surface area contributed by atoms with Crippen molar-refractivity contribution in [2.45, 2.75) is 37.6 Å². The monoisotopic (exact) mass is 590 g/mol. The number of nitrogens with zero attached hydrogens (tertiary/aromatic N) is 3. The number of hydrogen-bond donors (Lipinski definition) is 2. The number of carbonyl (C=O) groups is 2. The number of pyridine rings is 2. The van der Waals surface area contributed by atoms with Gasteiger partial charge in [0.25, 0.3) is 11.1 Å². The average Bonchev–Trinajstić information content (AvgIpc) is 3.62. The molecule has 2 aliphatic rings. The van der Waals surface area contributed by atoms with E-state index in [0.29, 0.717) is 22.9 Å². The minimum Gasteiger partial charge on any atom is -0.351 e. The lowest BCUT2D eigenvalue weighted by molar-refractivity contribution is -0.158. The number of halogens is 7. The van der Waals surface area contributed by atoms with Gasteiger partial charge >= 0.3 is 6.18 Å². The third kappa shape index (κ3) is 5.11. The van der Waals surface area contributed by atoms with E-state index in [1.165, 1.54) is 0 Å². The Morgan fingerprint density at radius 2 is 1.80 bits per heavy atom. The molecule has 16 heteroatoms. The summed E-state index contributed by atoms with van der Waals surface area (Å²) in [5.41, 5.74) is -3.51. The predicted octanol–water partition coefficient (Wildman–Crippen LogP) is 3.12. The number of rotatable bonds is 6. The van der Waals surface area contributed by atoms with Gasteiger partial charge in [0.15, 0.2) is 23.4 Å². The summed E-state index contributed by atoms with van der Waals surface area (Å²) in [4.78, 5) is 42.8. The summed E-state index contributed by atoms with van der Waals surface area (Å²) in [6.07, 6.45) is -6.82. The molecule has 212 valence electrons. The Balaban J connectivity index is 1.68. The molecule has 1 aliphatic carbocycles. The van der Waals surface area contributed by atoms with Crippen molar-refractivity contribution in [3.05, 3.63) is 63.7 Å². The Labute approximate surface area is 224 Å². The summed E-state index contributed by atoms with van der Waals surface area (Å²) in [5, 5.41) is 10.6. The molecule has 1 unspecified atom stereocenters. The molecule has 3 heterocycles. The number of fused-ring (bicyclic) bond motifs is 1. The number of nitrogens with one attached hydrogen (secondary N) is 1. The van der Waals surface area contributed by atoms with E-state index in [2.05, 4.69) is 4.98 Å². The van der Waals surface area contributed by atoms with Gasteiger partial charge in [-0.05, 0) is 42.5 Å². The molecule has 0 radical (unpaired) electrons. The molecule has 0 spiro atoms. The number of hydrogen-bond acceptors (Lipinski definition) is 7. The topological polar surface area (TPSA) is 114 Å². The van der Waals surface area contributed by atoms with Gasteiger partial charge in [0, 0.05) is 18.3 Å². The van der Waals surface area contributed by atoms with Crippen molar-refractivity contribution in [1.82, 2.24) is 14.9 Å². The van der Waals surface area contributed by atoms with Crippen molar-refractivity contribution in [3.8, 4) is 5.69 Å². The SMILES string of the molecule is O=C(N[C@@H](C1CC1)C(F)(F)F)c1cn(-c2c(F)cc(F)cc2F)c2nc(N3C[C@H](C(=O)Cl)OC3O)ccc2c1=O. The molecular weight excluding hydrogens is 574 g/mol. The zero-order valence-electron chi connectivity index (χ0n) is 19.9. The summed E-state index contributed by atoms with van der Waals surface area (Å²) in [5.74, 6) is -6.76. The van der Waals surface area contributed by atoms with Crippen LogP contribution in [-0.2, 0) is 9.53 Å². The molecule has 40 heavy (non-hydrogen) atoms. The van der Waals surface area contributed by atoms with Crippen LogP contribution in [0.15, 0.2) is 35.3 Å². The van der Waals surface area contributed by atoms with Gasteiger partial charge < -0.3 is 20.1 Å². The van der Waals surface area contributed by atoms with E-state index in [9.17, 15) is 45.8 Å². The van der Waals surface area contributed by atoms with E-state index in [1.54, 1.807) is 5.32 Å². The summed E-state index contributed by atoms with van der Waals surface area (Å²) in [6, 6.07) is 0.569. The number of aliphatic hydroxyl groups excluding tert-OH is 1. The lowest BCUT2D eigenvalue weighted by atomic mass is 10.1. The van der Waals surface area contributed by atoms with Gasteiger partial charge in [-0.15, -0.1) is 0 Å². The van der Waals surface area contributed by atoms with Gasteiger partial charge in [-0.1, -0.05) is 0 Å². The first-order chi connectivity index (χ1) is 18.8. The first-order valence-electron chi connectivity index (χ1n) is 11.6. The second-order valence-electron chi connectivity index (χ2n) is 9.24. The maximum Gasteiger partial charge on any atom is 0.408 e. The zero-order chi connectivity index (χ0) is 29.1. The Morgan fingerprint density at radius 3 is 2.35 bits per heavy atom. The molecule has 2 aromatic heterocycles. The summed E-state index contributed by atoms with van der Waals surface area (Å²) >= 11 is 5.42. The van der Waals surface area contributed by atoms with Crippen LogP contribution >= 0.6 is 11.6 Å². The second-order valence-corrected chi connectivity index (χ2v) is 9.61. The van der Waals surface area contributed by atoms with Crippen LogP contribution in [-0.4, -0.2) is 57.1 Å². The number of benzene rings is 1. The van der Waals surface area contributed by atoms with E-state index in [1.807, 2.05) is 0 Å². The molecule has 1 saturated carbocycles. The number of carbonyl (C=O) groups excluding carboxylic acids is 2. The molecule has 5 rings (SSSR count). The van der Waals surface area contributed by atoms with Crippen molar-refractivity contribution < 1.29 is 45.8 Å². The van der Waals surface area contributed by atoms with Crippen LogP contribution in [0.5, 0.6) is 0 Å². The van der Waals surface area contributed by atoms with Crippen LogP contribution < -0.4 is 15.6 Å². The van der Waals surface area contributed by atoms with E-state index >= 15 is 0 Å². The largest absolute Gasteiger partial charge is 0.408 e. The van der Waals surface area contributed by atoms with Gasteiger partial charge in [0.05, 0.1) is 11.9 Å². The van der Waals surface area contributed by atoms with Crippen molar-refractivity contribution in [2.75, 3.05) is 11.4 Å². The zero-order valence-corrected chi connectivity index (χ0v) is 20.6. The smallest absolute Gasteiger partial charge is 0.351 e. The van der Waals surface area contributed by atoms with E-state index in [4.69, 9.17) is 16.3 Å². The maximum absolute atomic E-state index is 14.9. The number of aliphatic hydroxyl groups is 1. The Kier molecular flexibility index (Phi) is 7.00. The average molecular weight is 591 g/mol. The van der Waals surface area contributed by atoms with Gasteiger partial charge in [-0.2, -0.15) is 13.2 Å². The molecule has 1 aromatic carbocycles. The maximum atomic E-state index is 14.9. The van der Waals surface area contributed by atoms with E-state index in [0.717, 1.165) is 17.0 Å². The number of alkyl halides is 3. The molecule has 2 fully saturated rings. The highest BCUT2D eigenvalue weighted by atomic mass is 35.5. The molecule has 1 saturated heterocycles. The van der Waals surface area contributed by atoms with Gasteiger partial charge in [-0.25, -0.2) is 18.2 Å². The quantitative estimate of drug-likeness (QED) is 0.335. The van der Waals surface area contributed by atoms with Crippen molar-refractivity contribution in [3.63, 3.8) is 0 Å². The van der Waals surface area contributed by atoms with Gasteiger partial charge in [-0.3, -0.25) is 19.0 Å². The molecule has 9 nitrogen and oxygen atoms in total. The summed E-state index contributed by atoms with van der Waals surface area (Å²) in [7, 11) is 0. The van der Waals surface area contributed by atoms with E-state index in [-0.39, 0.29) is 25.2 Å².